The van der Waals surface area contributed by atoms with Gasteiger partial charge in [-0.15, -0.1) is 0 Å². The fraction of sp³-hybridized carbons (Fsp3) is 0.235. The minimum Gasteiger partial charge on any atom is -0.385 e. The van der Waals surface area contributed by atoms with E-state index in [1.807, 2.05) is 25.1 Å². The zero-order valence-corrected chi connectivity index (χ0v) is 12.6. The summed E-state index contributed by atoms with van der Waals surface area (Å²) in [6, 6.07) is 11.4. The molecule has 0 unspecified atom stereocenters. The molecule has 0 radical (unpaired) electrons. The predicted octanol–water partition coefficient (Wildman–Crippen LogP) is 4.26. The van der Waals surface area contributed by atoms with E-state index in [-0.39, 0.29) is 5.91 Å². The number of fused-ring (bicyclic) bond motifs is 1. The second-order valence-electron chi connectivity index (χ2n) is 5.32. The molecular weight excluding hydrogens is 284 g/mol. The molecule has 2 N–H and O–H groups in total. The Morgan fingerprint density at radius 3 is 2.95 bits per heavy atom. The highest BCUT2D eigenvalue weighted by molar-refractivity contribution is 6.31. The maximum absolute atomic E-state index is 12.4. The standard InChI is InChI=1S/C17H17ClN2O/c1-11-4-6-13(18)9-15(11)17(21)20-14-7-5-12-3-2-8-19-16(12)10-14/h4-7,9-10,19H,2-3,8H2,1H3,(H,20,21). The molecule has 0 atom stereocenters. The van der Waals surface area contributed by atoms with Crippen LogP contribution in [0.5, 0.6) is 0 Å². The molecule has 2 aromatic carbocycles. The smallest absolute Gasteiger partial charge is 0.255 e. The van der Waals surface area contributed by atoms with Crippen LogP contribution in [0.15, 0.2) is 36.4 Å². The summed E-state index contributed by atoms with van der Waals surface area (Å²) in [5.74, 6) is -0.134. The van der Waals surface area contributed by atoms with Gasteiger partial charge in [-0.3, -0.25) is 4.79 Å². The first-order chi connectivity index (χ1) is 10.1. The molecule has 1 heterocycles. The van der Waals surface area contributed by atoms with E-state index >= 15 is 0 Å². The number of carbonyl (C=O) groups is 1. The number of hydrogen-bond donors (Lipinski definition) is 2. The second-order valence-corrected chi connectivity index (χ2v) is 5.75. The Balaban J connectivity index is 1.83. The van der Waals surface area contributed by atoms with Crippen LogP contribution in [0.3, 0.4) is 0 Å². The molecule has 0 aromatic heterocycles. The van der Waals surface area contributed by atoms with Gasteiger partial charge in [0.1, 0.15) is 0 Å². The van der Waals surface area contributed by atoms with Gasteiger partial charge >= 0.3 is 0 Å². The molecule has 2 aromatic rings. The molecule has 0 saturated carbocycles. The van der Waals surface area contributed by atoms with Crippen LogP contribution < -0.4 is 10.6 Å². The van der Waals surface area contributed by atoms with E-state index in [0.29, 0.717) is 10.6 Å². The summed E-state index contributed by atoms with van der Waals surface area (Å²) in [5, 5.41) is 6.87. The minimum absolute atomic E-state index is 0.134. The highest BCUT2D eigenvalue weighted by Gasteiger charge is 2.12. The Bertz CT molecular complexity index is 697. The molecule has 1 aliphatic rings. The molecule has 0 bridgehead atoms. The number of hydrogen-bond acceptors (Lipinski definition) is 2. The van der Waals surface area contributed by atoms with E-state index in [9.17, 15) is 4.79 Å². The maximum Gasteiger partial charge on any atom is 0.255 e. The van der Waals surface area contributed by atoms with Crippen molar-refractivity contribution in [2.45, 2.75) is 19.8 Å². The van der Waals surface area contributed by atoms with Gasteiger partial charge in [0.05, 0.1) is 0 Å². The second kappa shape index (κ2) is 5.78. The van der Waals surface area contributed by atoms with Crippen molar-refractivity contribution in [3.05, 3.63) is 58.1 Å². The van der Waals surface area contributed by atoms with Crippen LogP contribution in [0.1, 0.15) is 27.9 Å². The van der Waals surface area contributed by atoms with Crippen molar-refractivity contribution in [2.24, 2.45) is 0 Å². The molecule has 0 fully saturated rings. The number of nitrogens with one attached hydrogen (secondary N) is 2. The topological polar surface area (TPSA) is 41.1 Å². The van der Waals surface area contributed by atoms with Crippen molar-refractivity contribution in [2.75, 3.05) is 17.2 Å². The van der Waals surface area contributed by atoms with Crippen LogP contribution in [0, 0.1) is 6.92 Å². The third-order valence-electron chi connectivity index (χ3n) is 3.75. The highest BCUT2D eigenvalue weighted by Crippen LogP contribution is 2.26. The van der Waals surface area contributed by atoms with Crippen molar-refractivity contribution in [3.8, 4) is 0 Å². The summed E-state index contributed by atoms with van der Waals surface area (Å²) < 4.78 is 0. The first kappa shape index (κ1) is 14.0. The van der Waals surface area contributed by atoms with Gasteiger partial charge < -0.3 is 10.6 Å². The van der Waals surface area contributed by atoms with Crippen molar-refractivity contribution >= 4 is 28.9 Å². The van der Waals surface area contributed by atoms with Crippen LogP contribution in [-0.2, 0) is 6.42 Å². The largest absolute Gasteiger partial charge is 0.385 e. The Kier molecular flexibility index (Phi) is 3.84. The van der Waals surface area contributed by atoms with Crippen molar-refractivity contribution in [3.63, 3.8) is 0 Å². The minimum atomic E-state index is -0.134. The molecule has 0 aliphatic carbocycles. The van der Waals surface area contributed by atoms with Gasteiger partial charge in [0.15, 0.2) is 0 Å². The fourth-order valence-corrected chi connectivity index (χ4v) is 2.75. The van der Waals surface area contributed by atoms with Gasteiger partial charge in [-0.25, -0.2) is 0 Å². The third kappa shape index (κ3) is 3.03. The third-order valence-corrected chi connectivity index (χ3v) is 3.99. The molecule has 0 saturated heterocycles. The molecule has 1 amide bonds. The Morgan fingerprint density at radius 1 is 1.24 bits per heavy atom. The Hall–Kier alpha value is -2.00. The zero-order chi connectivity index (χ0) is 14.8. The highest BCUT2D eigenvalue weighted by atomic mass is 35.5. The summed E-state index contributed by atoms with van der Waals surface area (Å²) in [7, 11) is 0. The molecule has 3 nitrogen and oxygen atoms in total. The van der Waals surface area contributed by atoms with Gasteiger partial charge in [-0.2, -0.15) is 0 Å². The van der Waals surface area contributed by atoms with Gasteiger partial charge in [0, 0.05) is 28.5 Å². The molecule has 21 heavy (non-hydrogen) atoms. The normalized spacial score (nSPS) is 13.2. The van der Waals surface area contributed by atoms with E-state index in [2.05, 4.69) is 16.7 Å². The summed E-state index contributed by atoms with van der Waals surface area (Å²) in [5.41, 5.74) is 4.73. The number of carbonyl (C=O) groups excluding carboxylic acids is 1. The molecule has 1 aliphatic heterocycles. The van der Waals surface area contributed by atoms with Gasteiger partial charge in [0.25, 0.3) is 5.91 Å². The van der Waals surface area contributed by atoms with Crippen LogP contribution >= 0.6 is 11.6 Å². The zero-order valence-electron chi connectivity index (χ0n) is 11.9. The molecular formula is C17H17ClN2O. The van der Waals surface area contributed by atoms with Gasteiger partial charge in [-0.1, -0.05) is 23.7 Å². The lowest BCUT2D eigenvalue weighted by molar-refractivity contribution is 0.102. The number of anilines is 2. The van der Waals surface area contributed by atoms with Gasteiger partial charge in [0.2, 0.25) is 0 Å². The number of amides is 1. The molecule has 0 spiro atoms. The van der Waals surface area contributed by atoms with Gasteiger partial charge in [-0.05, 0) is 55.2 Å². The molecule has 108 valence electrons. The predicted molar refractivity (Wildman–Crippen MR) is 87.4 cm³/mol. The summed E-state index contributed by atoms with van der Waals surface area (Å²) >= 11 is 5.97. The van der Waals surface area contributed by atoms with Crippen LogP contribution in [0.25, 0.3) is 0 Å². The number of aryl methyl sites for hydroxylation is 2. The van der Waals surface area contributed by atoms with Crippen LogP contribution in [-0.4, -0.2) is 12.5 Å². The van der Waals surface area contributed by atoms with E-state index in [1.54, 1.807) is 12.1 Å². The lowest BCUT2D eigenvalue weighted by atomic mass is 10.0. The van der Waals surface area contributed by atoms with Crippen molar-refractivity contribution < 1.29 is 4.79 Å². The lowest BCUT2D eigenvalue weighted by Crippen LogP contribution is -2.15. The SMILES string of the molecule is Cc1ccc(Cl)cc1C(=O)Nc1ccc2c(c1)NCCC2. The lowest BCUT2D eigenvalue weighted by Gasteiger charge is -2.19. The van der Waals surface area contributed by atoms with Crippen LogP contribution in [0.4, 0.5) is 11.4 Å². The summed E-state index contributed by atoms with van der Waals surface area (Å²) in [4.78, 5) is 12.4. The Morgan fingerprint density at radius 2 is 2.10 bits per heavy atom. The summed E-state index contributed by atoms with van der Waals surface area (Å²) in [6.07, 6.45) is 2.24. The quantitative estimate of drug-likeness (QED) is 0.870. The summed E-state index contributed by atoms with van der Waals surface area (Å²) in [6.45, 7) is 2.89. The van der Waals surface area contributed by atoms with Crippen molar-refractivity contribution in [1.82, 2.24) is 0 Å². The Labute approximate surface area is 129 Å². The number of halogens is 1. The van der Waals surface area contributed by atoms with E-state index in [1.165, 1.54) is 5.56 Å². The van der Waals surface area contributed by atoms with Crippen LogP contribution in [0.2, 0.25) is 5.02 Å². The monoisotopic (exact) mass is 300 g/mol. The molecule has 3 rings (SSSR count). The fourth-order valence-electron chi connectivity index (χ4n) is 2.58. The van der Waals surface area contributed by atoms with E-state index in [4.69, 9.17) is 11.6 Å². The number of benzene rings is 2. The average molecular weight is 301 g/mol. The average Bonchev–Trinajstić information content (AvgIpc) is 2.49. The maximum atomic E-state index is 12.4. The first-order valence-electron chi connectivity index (χ1n) is 7.08. The van der Waals surface area contributed by atoms with Crippen molar-refractivity contribution in [1.29, 1.82) is 0 Å². The first-order valence-corrected chi connectivity index (χ1v) is 7.45. The van der Waals surface area contributed by atoms with E-state index in [0.717, 1.165) is 36.3 Å². The molecule has 4 heteroatoms. The van der Waals surface area contributed by atoms with E-state index < -0.39 is 0 Å². The number of rotatable bonds is 2.